The molecule has 2 N–H and O–H groups in total. The maximum absolute atomic E-state index is 12.7. The number of methoxy groups -OCH3 is 1. The van der Waals surface area contributed by atoms with Crippen LogP contribution >= 0.6 is 0 Å². The Bertz CT molecular complexity index is 1040. The lowest BCUT2D eigenvalue weighted by molar-refractivity contribution is 0.182. The van der Waals surface area contributed by atoms with Crippen LogP contribution in [0.15, 0.2) is 48.5 Å². The van der Waals surface area contributed by atoms with Crippen LogP contribution in [0, 0.1) is 11.3 Å². The number of likely N-dealkylation sites (tertiary alicyclic amines) is 1. The monoisotopic (exact) mass is 375 g/mol. The number of para-hydroxylation sites is 2. The largest absolute Gasteiger partial charge is 0.496 e. The van der Waals surface area contributed by atoms with E-state index in [4.69, 9.17) is 4.74 Å². The van der Waals surface area contributed by atoms with E-state index in [1.807, 2.05) is 48.5 Å². The summed E-state index contributed by atoms with van der Waals surface area (Å²) in [6.45, 7) is 0.972. The first-order chi connectivity index (χ1) is 13.7. The zero-order valence-electron chi connectivity index (χ0n) is 15.6. The molecule has 142 valence electrons. The number of benzene rings is 2. The molecular weight excluding hydrogens is 354 g/mol. The van der Waals surface area contributed by atoms with Crippen LogP contribution in [-0.2, 0) is 5.41 Å². The van der Waals surface area contributed by atoms with Gasteiger partial charge in [-0.2, -0.15) is 10.4 Å². The Morgan fingerprint density at radius 1 is 1.21 bits per heavy atom. The molecule has 1 saturated heterocycles. The van der Waals surface area contributed by atoms with Crippen molar-refractivity contribution >= 4 is 22.8 Å². The van der Waals surface area contributed by atoms with Crippen molar-refractivity contribution in [2.75, 3.05) is 25.5 Å². The molecule has 0 unspecified atom stereocenters. The molecule has 3 aromatic rings. The van der Waals surface area contributed by atoms with E-state index in [0.29, 0.717) is 37.5 Å². The third kappa shape index (κ3) is 3.03. The standard InChI is InChI=1S/C21H21N5O2/c1-28-18-9-5-3-7-16(18)21(14-22)10-12-26(13-11-21)20(27)23-19-15-6-2-4-8-17(15)24-25-19/h2-9H,10-13H2,1H3,(H2,23,24,25,27). The zero-order chi connectivity index (χ0) is 19.6. The lowest BCUT2D eigenvalue weighted by Crippen LogP contribution is -2.46. The van der Waals surface area contributed by atoms with Gasteiger partial charge >= 0.3 is 6.03 Å². The number of nitrogens with one attached hydrogen (secondary N) is 2. The highest BCUT2D eigenvalue weighted by Gasteiger charge is 2.39. The topological polar surface area (TPSA) is 94.0 Å². The number of aromatic nitrogens is 2. The minimum atomic E-state index is -0.650. The molecule has 0 atom stereocenters. The number of amides is 2. The smallest absolute Gasteiger partial charge is 0.323 e. The number of urea groups is 1. The Kier molecular flexibility index (Phi) is 4.62. The minimum absolute atomic E-state index is 0.205. The van der Waals surface area contributed by atoms with E-state index in [0.717, 1.165) is 16.5 Å². The summed E-state index contributed by atoms with van der Waals surface area (Å²) in [7, 11) is 1.61. The van der Waals surface area contributed by atoms with E-state index < -0.39 is 5.41 Å². The van der Waals surface area contributed by atoms with Gasteiger partial charge in [0.15, 0.2) is 5.82 Å². The second-order valence-electron chi connectivity index (χ2n) is 6.93. The number of nitriles is 1. The van der Waals surface area contributed by atoms with Crippen LogP contribution in [0.4, 0.5) is 10.6 Å². The van der Waals surface area contributed by atoms with E-state index in [1.165, 1.54) is 0 Å². The van der Waals surface area contributed by atoms with Gasteiger partial charge in [-0.3, -0.25) is 10.4 Å². The fraction of sp³-hybridized carbons (Fsp3) is 0.286. The maximum atomic E-state index is 12.7. The molecule has 7 nitrogen and oxygen atoms in total. The number of H-pyrrole nitrogens is 1. The number of rotatable bonds is 3. The number of carbonyl (C=O) groups excluding carboxylic acids is 1. The molecule has 0 saturated carbocycles. The molecule has 0 radical (unpaired) electrons. The van der Waals surface area contributed by atoms with Gasteiger partial charge in [-0.05, 0) is 31.0 Å². The molecule has 2 aromatic carbocycles. The van der Waals surface area contributed by atoms with Crippen LogP contribution < -0.4 is 10.1 Å². The SMILES string of the molecule is COc1ccccc1C1(C#N)CCN(C(=O)Nc2n[nH]c3ccccc23)CC1. The molecule has 28 heavy (non-hydrogen) atoms. The first-order valence-corrected chi connectivity index (χ1v) is 9.21. The molecule has 2 amide bonds. The number of anilines is 1. The van der Waals surface area contributed by atoms with Gasteiger partial charge in [-0.1, -0.05) is 30.3 Å². The summed E-state index contributed by atoms with van der Waals surface area (Å²) in [6, 6.07) is 17.5. The first kappa shape index (κ1) is 17.9. The fourth-order valence-corrected chi connectivity index (χ4v) is 3.81. The molecule has 1 aliphatic heterocycles. The van der Waals surface area contributed by atoms with Gasteiger partial charge in [0.1, 0.15) is 5.75 Å². The third-order valence-corrected chi connectivity index (χ3v) is 5.44. The summed E-state index contributed by atoms with van der Waals surface area (Å²) in [5.41, 5.74) is 1.11. The molecule has 4 rings (SSSR count). The summed E-state index contributed by atoms with van der Waals surface area (Å²) >= 11 is 0. The molecular formula is C21H21N5O2. The Morgan fingerprint density at radius 3 is 2.68 bits per heavy atom. The highest BCUT2D eigenvalue weighted by molar-refractivity contribution is 5.98. The minimum Gasteiger partial charge on any atom is -0.496 e. The van der Waals surface area contributed by atoms with Gasteiger partial charge in [0.05, 0.1) is 24.1 Å². The predicted molar refractivity (Wildman–Crippen MR) is 106 cm³/mol. The highest BCUT2D eigenvalue weighted by atomic mass is 16.5. The lowest BCUT2D eigenvalue weighted by atomic mass is 9.73. The molecule has 0 bridgehead atoms. The van der Waals surface area contributed by atoms with E-state index in [2.05, 4.69) is 21.6 Å². The van der Waals surface area contributed by atoms with Crippen molar-refractivity contribution in [1.29, 1.82) is 5.26 Å². The number of hydrogen-bond acceptors (Lipinski definition) is 4. The Labute approximate surface area is 162 Å². The lowest BCUT2D eigenvalue weighted by Gasteiger charge is -2.37. The molecule has 1 fully saturated rings. The molecule has 7 heteroatoms. The predicted octanol–water partition coefficient (Wildman–Crippen LogP) is 3.66. The number of fused-ring (bicyclic) bond motifs is 1. The summed E-state index contributed by atoms with van der Waals surface area (Å²) in [5.74, 6) is 1.23. The Hall–Kier alpha value is -3.53. The van der Waals surface area contributed by atoms with Gasteiger partial charge in [0.25, 0.3) is 0 Å². The number of piperidine rings is 1. The zero-order valence-corrected chi connectivity index (χ0v) is 15.6. The fourth-order valence-electron chi connectivity index (χ4n) is 3.81. The third-order valence-electron chi connectivity index (χ3n) is 5.44. The van der Waals surface area contributed by atoms with Crippen molar-refractivity contribution in [1.82, 2.24) is 15.1 Å². The normalized spacial score (nSPS) is 15.8. The summed E-state index contributed by atoms with van der Waals surface area (Å²) in [4.78, 5) is 14.5. The number of nitrogens with zero attached hydrogens (tertiary/aromatic N) is 3. The van der Waals surface area contributed by atoms with Gasteiger partial charge in [0, 0.05) is 24.0 Å². The Balaban J connectivity index is 1.48. The molecule has 1 aliphatic rings. The van der Waals surface area contributed by atoms with Crippen LogP contribution in [0.2, 0.25) is 0 Å². The summed E-state index contributed by atoms with van der Waals surface area (Å²) < 4.78 is 5.46. The van der Waals surface area contributed by atoms with Gasteiger partial charge in [-0.25, -0.2) is 4.79 Å². The highest BCUT2D eigenvalue weighted by Crippen LogP contribution is 2.39. The average Bonchev–Trinajstić information content (AvgIpc) is 3.16. The second-order valence-corrected chi connectivity index (χ2v) is 6.93. The van der Waals surface area contributed by atoms with Crippen molar-refractivity contribution in [3.8, 4) is 11.8 Å². The molecule has 0 aliphatic carbocycles. The average molecular weight is 375 g/mol. The van der Waals surface area contributed by atoms with E-state index >= 15 is 0 Å². The van der Waals surface area contributed by atoms with Crippen molar-refractivity contribution < 1.29 is 9.53 Å². The van der Waals surface area contributed by atoms with Crippen LogP contribution in [-0.4, -0.2) is 41.3 Å². The van der Waals surface area contributed by atoms with Gasteiger partial charge in [0.2, 0.25) is 0 Å². The summed E-state index contributed by atoms with van der Waals surface area (Å²) in [5, 5.41) is 20.8. The van der Waals surface area contributed by atoms with Gasteiger partial charge < -0.3 is 9.64 Å². The molecule has 2 heterocycles. The van der Waals surface area contributed by atoms with Crippen molar-refractivity contribution in [2.24, 2.45) is 0 Å². The quantitative estimate of drug-likeness (QED) is 0.730. The van der Waals surface area contributed by atoms with Crippen molar-refractivity contribution in [2.45, 2.75) is 18.3 Å². The molecule has 0 spiro atoms. The number of carbonyl (C=O) groups is 1. The summed E-state index contributed by atoms with van der Waals surface area (Å²) in [6.07, 6.45) is 1.11. The van der Waals surface area contributed by atoms with E-state index in [-0.39, 0.29) is 6.03 Å². The number of hydrogen-bond donors (Lipinski definition) is 2. The van der Waals surface area contributed by atoms with Crippen LogP contribution in [0.3, 0.4) is 0 Å². The van der Waals surface area contributed by atoms with Crippen LogP contribution in [0.5, 0.6) is 5.75 Å². The van der Waals surface area contributed by atoms with E-state index in [9.17, 15) is 10.1 Å². The van der Waals surface area contributed by atoms with Crippen molar-refractivity contribution in [3.63, 3.8) is 0 Å². The first-order valence-electron chi connectivity index (χ1n) is 9.21. The van der Waals surface area contributed by atoms with Crippen LogP contribution in [0.1, 0.15) is 18.4 Å². The van der Waals surface area contributed by atoms with Gasteiger partial charge in [-0.15, -0.1) is 0 Å². The molecule has 1 aromatic heterocycles. The van der Waals surface area contributed by atoms with Crippen molar-refractivity contribution in [3.05, 3.63) is 54.1 Å². The van der Waals surface area contributed by atoms with E-state index in [1.54, 1.807) is 12.0 Å². The Morgan fingerprint density at radius 2 is 1.93 bits per heavy atom. The number of aromatic amines is 1. The maximum Gasteiger partial charge on any atom is 0.323 e. The van der Waals surface area contributed by atoms with Crippen LogP contribution in [0.25, 0.3) is 10.9 Å². The second kappa shape index (κ2) is 7.24. The number of ether oxygens (including phenoxy) is 1.